The van der Waals surface area contributed by atoms with Gasteiger partial charge in [0.25, 0.3) is 6.43 Å². The molecule has 0 aliphatic rings. The Bertz CT molecular complexity index is 412. The van der Waals surface area contributed by atoms with E-state index in [1.165, 1.54) is 6.07 Å². The number of aldehydes is 1. The maximum Gasteiger partial charge on any atom is 0.280 e. The molecule has 2 N–H and O–H groups in total. The quantitative estimate of drug-likeness (QED) is 0.724. The van der Waals surface area contributed by atoms with E-state index < -0.39 is 12.1 Å². The Morgan fingerprint density at radius 1 is 1.64 bits per heavy atom. The van der Waals surface area contributed by atoms with Crippen molar-refractivity contribution in [2.75, 3.05) is 5.73 Å². The van der Waals surface area contributed by atoms with Gasteiger partial charge in [-0.2, -0.15) is 5.26 Å². The zero-order valence-electron chi connectivity index (χ0n) is 6.87. The largest absolute Gasteiger partial charge is 0.398 e. The number of hydrogen-bond donors (Lipinski definition) is 1. The predicted molar refractivity (Wildman–Crippen MR) is 43.7 cm³/mol. The fourth-order valence-electron chi connectivity index (χ4n) is 0.916. The predicted octanol–water partition coefficient (Wildman–Crippen LogP) is 1.29. The van der Waals surface area contributed by atoms with Crippen LogP contribution < -0.4 is 5.73 Å². The smallest absolute Gasteiger partial charge is 0.280 e. The van der Waals surface area contributed by atoms with Crippen LogP contribution in [0, 0.1) is 11.3 Å². The third-order valence-electron chi connectivity index (χ3n) is 1.56. The Labute approximate surface area is 78.0 Å². The summed E-state index contributed by atoms with van der Waals surface area (Å²) < 4.78 is 24.4. The molecule has 1 aromatic rings. The number of anilines is 1. The van der Waals surface area contributed by atoms with Gasteiger partial charge in [-0.05, 0) is 6.07 Å². The Kier molecular flexibility index (Phi) is 2.72. The molecule has 0 radical (unpaired) electrons. The lowest BCUT2D eigenvalue weighted by molar-refractivity contribution is 0.112. The highest BCUT2D eigenvalue weighted by Crippen LogP contribution is 2.22. The van der Waals surface area contributed by atoms with Gasteiger partial charge in [-0.25, -0.2) is 13.8 Å². The lowest BCUT2D eigenvalue weighted by Gasteiger charge is -2.04. The second kappa shape index (κ2) is 3.79. The Morgan fingerprint density at radius 3 is 2.71 bits per heavy atom. The number of rotatable bonds is 2. The zero-order chi connectivity index (χ0) is 10.7. The molecular formula is C8H5F2N3O. The molecule has 1 rings (SSSR count). The minimum atomic E-state index is -2.81. The van der Waals surface area contributed by atoms with Crippen molar-refractivity contribution in [2.45, 2.75) is 6.43 Å². The van der Waals surface area contributed by atoms with Crippen molar-refractivity contribution in [1.29, 1.82) is 5.26 Å². The highest BCUT2D eigenvalue weighted by molar-refractivity contribution is 5.86. The number of aromatic nitrogens is 1. The topological polar surface area (TPSA) is 79.8 Å². The van der Waals surface area contributed by atoms with Gasteiger partial charge in [-0.3, -0.25) is 4.79 Å². The second-order valence-electron chi connectivity index (χ2n) is 2.43. The van der Waals surface area contributed by atoms with Gasteiger partial charge in [-0.1, -0.05) is 0 Å². The molecule has 1 heterocycles. The molecule has 0 spiro atoms. The summed E-state index contributed by atoms with van der Waals surface area (Å²) in [4.78, 5) is 13.7. The maximum atomic E-state index is 12.2. The Morgan fingerprint density at radius 2 is 2.29 bits per heavy atom. The molecule has 0 bridgehead atoms. The first kappa shape index (κ1) is 10.1. The molecule has 0 saturated carbocycles. The number of carbonyl (C=O) groups is 1. The van der Waals surface area contributed by atoms with Crippen molar-refractivity contribution < 1.29 is 13.6 Å². The normalized spacial score (nSPS) is 9.86. The van der Waals surface area contributed by atoms with E-state index in [1.807, 2.05) is 0 Å². The van der Waals surface area contributed by atoms with E-state index >= 15 is 0 Å². The average molecular weight is 197 g/mol. The third-order valence-corrected chi connectivity index (χ3v) is 1.56. The number of nitrogen functional groups attached to an aromatic ring is 1. The number of alkyl halides is 2. The van der Waals surface area contributed by atoms with E-state index in [0.29, 0.717) is 6.29 Å². The lowest BCUT2D eigenvalue weighted by atomic mass is 10.1. The number of nitriles is 1. The first-order chi connectivity index (χ1) is 6.60. The zero-order valence-corrected chi connectivity index (χ0v) is 6.87. The van der Waals surface area contributed by atoms with E-state index in [0.717, 1.165) is 6.07 Å². The Balaban J connectivity index is 3.40. The highest BCUT2D eigenvalue weighted by atomic mass is 19.3. The van der Waals surface area contributed by atoms with Gasteiger partial charge in [0.15, 0.2) is 12.0 Å². The minimum absolute atomic E-state index is 0.156. The number of hydrogen-bond acceptors (Lipinski definition) is 4. The van der Waals surface area contributed by atoms with Gasteiger partial charge in [0.1, 0.15) is 11.8 Å². The highest BCUT2D eigenvalue weighted by Gasteiger charge is 2.15. The van der Waals surface area contributed by atoms with Crippen LogP contribution in [0.2, 0.25) is 0 Å². The first-order valence-electron chi connectivity index (χ1n) is 3.54. The van der Waals surface area contributed by atoms with Crippen molar-refractivity contribution in [3.05, 3.63) is 23.0 Å². The molecular weight excluding hydrogens is 192 g/mol. The molecule has 0 fully saturated rings. The van der Waals surface area contributed by atoms with Gasteiger partial charge in [-0.15, -0.1) is 0 Å². The van der Waals surface area contributed by atoms with Gasteiger partial charge in [0, 0.05) is 5.69 Å². The molecule has 14 heavy (non-hydrogen) atoms. The number of carbonyl (C=O) groups excluding carboxylic acids is 1. The van der Waals surface area contributed by atoms with Gasteiger partial charge in [0.05, 0.1) is 5.56 Å². The maximum absolute atomic E-state index is 12.2. The molecule has 0 aliphatic carbocycles. The van der Waals surface area contributed by atoms with E-state index in [4.69, 9.17) is 11.0 Å². The van der Waals surface area contributed by atoms with Gasteiger partial charge < -0.3 is 5.73 Å². The van der Waals surface area contributed by atoms with E-state index in [2.05, 4.69) is 4.98 Å². The van der Waals surface area contributed by atoms with Crippen molar-refractivity contribution in [3.63, 3.8) is 0 Å². The third kappa shape index (κ3) is 1.66. The van der Waals surface area contributed by atoms with Crippen LogP contribution in [-0.4, -0.2) is 11.3 Å². The molecule has 0 aliphatic heterocycles. The summed E-state index contributed by atoms with van der Waals surface area (Å²) >= 11 is 0. The van der Waals surface area contributed by atoms with Crippen LogP contribution in [0.4, 0.5) is 14.5 Å². The molecule has 6 heteroatoms. The van der Waals surface area contributed by atoms with Crippen LogP contribution in [0.1, 0.15) is 28.2 Å². The van der Waals surface area contributed by atoms with Crippen LogP contribution in [0.15, 0.2) is 6.07 Å². The fourth-order valence-corrected chi connectivity index (χ4v) is 0.916. The summed E-state index contributed by atoms with van der Waals surface area (Å²) in [6.45, 7) is 0. The monoisotopic (exact) mass is 197 g/mol. The molecule has 4 nitrogen and oxygen atoms in total. The van der Waals surface area contributed by atoms with E-state index in [9.17, 15) is 13.6 Å². The molecule has 0 aromatic carbocycles. The van der Waals surface area contributed by atoms with E-state index in [-0.39, 0.29) is 16.9 Å². The van der Waals surface area contributed by atoms with Crippen LogP contribution in [-0.2, 0) is 0 Å². The van der Waals surface area contributed by atoms with Crippen LogP contribution >= 0.6 is 0 Å². The average Bonchev–Trinajstić information content (AvgIpc) is 2.16. The molecule has 0 atom stereocenters. The van der Waals surface area contributed by atoms with Crippen LogP contribution in [0.5, 0.6) is 0 Å². The van der Waals surface area contributed by atoms with Crippen molar-refractivity contribution in [2.24, 2.45) is 0 Å². The molecule has 72 valence electrons. The number of nitrogens with two attached hydrogens (primary N) is 1. The summed E-state index contributed by atoms with van der Waals surface area (Å²) in [7, 11) is 0. The summed E-state index contributed by atoms with van der Waals surface area (Å²) in [5.74, 6) is 0. The second-order valence-corrected chi connectivity index (χ2v) is 2.43. The minimum Gasteiger partial charge on any atom is -0.398 e. The van der Waals surface area contributed by atoms with Crippen LogP contribution in [0.3, 0.4) is 0 Å². The van der Waals surface area contributed by atoms with E-state index in [1.54, 1.807) is 0 Å². The number of pyridine rings is 1. The summed E-state index contributed by atoms with van der Waals surface area (Å²) in [6.07, 6.45) is -2.50. The first-order valence-corrected chi connectivity index (χ1v) is 3.54. The van der Waals surface area contributed by atoms with Gasteiger partial charge in [0.2, 0.25) is 0 Å². The van der Waals surface area contributed by atoms with Crippen molar-refractivity contribution in [1.82, 2.24) is 4.98 Å². The van der Waals surface area contributed by atoms with Crippen LogP contribution in [0.25, 0.3) is 0 Å². The summed E-state index contributed by atoms with van der Waals surface area (Å²) in [5.41, 5.74) is 3.98. The SMILES string of the molecule is N#Cc1nc(C(F)F)cc(N)c1C=O. The number of halogens is 2. The molecule has 0 saturated heterocycles. The van der Waals surface area contributed by atoms with Gasteiger partial charge >= 0.3 is 0 Å². The molecule has 1 aromatic heterocycles. The van der Waals surface area contributed by atoms with Crippen molar-refractivity contribution in [3.8, 4) is 6.07 Å². The molecule has 0 unspecified atom stereocenters. The fraction of sp³-hybridized carbons (Fsp3) is 0.125. The standard InChI is InChI=1S/C8H5F2N3O/c9-8(10)6-1-5(12)4(3-14)7(2-11)13-6/h1,3,8H,(H2,12,13). The summed E-state index contributed by atoms with van der Waals surface area (Å²) in [6, 6.07) is 2.41. The number of nitrogens with zero attached hydrogens (tertiary/aromatic N) is 2. The lowest BCUT2D eigenvalue weighted by Crippen LogP contribution is -2.03. The Hall–Kier alpha value is -2.03. The van der Waals surface area contributed by atoms with Crippen molar-refractivity contribution >= 4 is 12.0 Å². The molecule has 0 amide bonds. The summed E-state index contributed by atoms with van der Waals surface area (Å²) in [5, 5.41) is 8.51.